The van der Waals surface area contributed by atoms with Crippen LogP contribution in [0.25, 0.3) is 0 Å². The average Bonchev–Trinajstić information content (AvgIpc) is 2.48. The molecule has 0 bridgehead atoms. The second-order valence-electron chi connectivity index (χ2n) is 5.73. The molecule has 0 spiro atoms. The molecule has 19 heavy (non-hydrogen) atoms. The molecule has 2 heterocycles. The quantitative estimate of drug-likeness (QED) is 0.745. The van der Waals surface area contributed by atoms with Crippen molar-refractivity contribution in [3.05, 3.63) is 0 Å². The summed E-state index contributed by atoms with van der Waals surface area (Å²) in [5, 5.41) is 0. The summed E-state index contributed by atoms with van der Waals surface area (Å²) in [6, 6.07) is 0. The molecule has 0 radical (unpaired) electrons. The zero-order valence-corrected chi connectivity index (χ0v) is 14.4. The lowest BCUT2D eigenvalue weighted by atomic mass is 9.94. The number of hydrogen-bond acceptors (Lipinski definition) is 2. The Morgan fingerprint density at radius 2 is 1.26 bits per heavy atom. The summed E-state index contributed by atoms with van der Waals surface area (Å²) < 4.78 is 0. The molecule has 0 N–H and O–H groups in total. The molecule has 0 saturated carbocycles. The third-order valence-corrected chi connectivity index (χ3v) is 4.23. The van der Waals surface area contributed by atoms with Gasteiger partial charge in [0.05, 0.1) is 0 Å². The van der Waals surface area contributed by atoms with Gasteiger partial charge < -0.3 is 9.80 Å². The van der Waals surface area contributed by atoms with Crippen LogP contribution in [-0.4, -0.2) is 49.6 Å². The van der Waals surface area contributed by atoms with Gasteiger partial charge in [0.15, 0.2) is 0 Å². The average molecular weight is 271 g/mol. The predicted octanol–water partition coefficient (Wildman–Crippen LogP) is 4.11. The second-order valence-corrected chi connectivity index (χ2v) is 5.73. The number of nitrogens with zero attached hydrogens (tertiary/aromatic N) is 2. The van der Waals surface area contributed by atoms with Gasteiger partial charge in [0.25, 0.3) is 0 Å². The second kappa shape index (κ2) is 11.7. The summed E-state index contributed by atoms with van der Waals surface area (Å²) in [5.41, 5.74) is 0. The van der Waals surface area contributed by atoms with Crippen LogP contribution in [0.3, 0.4) is 0 Å². The first-order valence-electron chi connectivity index (χ1n) is 8.65. The molecule has 0 amide bonds. The summed E-state index contributed by atoms with van der Waals surface area (Å²) in [6.07, 6.45) is 5.68. The molecule has 2 nitrogen and oxygen atoms in total. The minimum Gasteiger partial charge on any atom is -0.306 e. The number of likely N-dealkylation sites (tertiary alicyclic amines) is 2. The van der Waals surface area contributed by atoms with Gasteiger partial charge in [0, 0.05) is 6.54 Å². The topological polar surface area (TPSA) is 6.48 Å². The molecule has 2 heteroatoms. The molecule has 2 fully saturated rings. The maximum absolute atomic E-state index is 2.70. The lowest BCUT2D eigenvalue weighted by molar-refractivity contribution is 0.130. The van der Waals surface area contributed by atoms with E-state index in [-0.39, 0.29) is 0 Å². The van der Waals surface area contributed by atoms with E-state index in [1.807, 2.05) is 27.7 Å². The highest BCUT2D eigenvalue weighted by atomic mass is 15.1. The van der Waals surface area contributed by atoms with E-state index in [9.17, 15) is 0 Å². The van der Waals surface area contributed by atoms with E-state index in [2.05, 4.69) is 23.8 Å². The van der Waals surface area contributed by atoms with Gasteiger partial charge in [0.2, 0.25) is 0 Å². The van der Waals surface area contributed by atoms with Crippen molar-refractivity contribution < 1.29 is 0 Å². The van der Waals surface area contributed by atoms with E-state index < -0.39 is 0 Å². The summed E-state index contributed by atoms with van der Waals surface area (Å²) in [4.78, 5) is 5.17. The number of piperidine rings is 2. The Morgan fingerprint density at radius 1 is 0.789 bits per heavy atom. The number of rotatable bonds is 2. The Hall–Kier alpha value is -0.0800. The normalized spacial score (nSPS) is 23.1. The van der Waals surface area contributed by atoms with Gasteiger partial charge in [-0.2, -0.15) is 0 Å². The Morgan fingerprint density at radius 3 is 1.74 bits per heavy atom. The van der Waals surface area contributed by atoms with Gasteiger partial charge >= 0.3 is 0 Å². The van der Waals surface area contributed by atoms with Crippen LogP contribution >= 0.6 is 0 Å². The highest BCUT2D eigenvalue weighted by molar-refractivity contribution is 4.76. The van der Waals surface area contributed by atoms with E-state index in [4.69, 9.17) is 0 Å². The first-order chi connectivity index (χ1) is 9.24. The van der Waals surface area contributed by atoms with Crippen LogP contribution < -0.4 is 0 Å². The van der Waals surface area contributed by atoms with Crippen molar-refractivity contribution in [3.8, 4) is 0 Å². The van der Waals surface area contributed by atoms with E-state index in [1.54, 1.807) is 0 Å². The number of hydrogen-bond donors (Lipinski definition) is 0. The van der Waals surface area contributed by atoms with Crippen LogP contribution in [0.15, 0.2) is 0 Å². The first kappa shape index (κ1) is 18.9. The molecule has 0 aromatic carbocycles. The molecule has 2 saturated heterocycles. The largest absolute Gasteiger partial charge is 0.306 e. The maximum Gasteiger partial charge on any atom is 0.00106 e. The van der Waals surface area contributed by atoms with Crippen LogP contribution in [0, 0.1) is 11.8 Å². The molecule has 0 aliphatic carbocycles. The van der Waals surface area contributed by atoms with Crippen LogP contribution in [0.2, 0.25) is 0 Å². The SMILES string of the molecule is CC.CC.CC1CCN(CC2CCN(C)CC2)CC1. The fourth-order valence-electron chi connectivity index (χ4n) is 2.85. The molecular formula is C17H38N2. The van der Waals surface area contributed by atoms with Gasteiger partial charge in [-0.05, 0) is 70.7 Å². The Balaban J connectivity index is 0.000000741. The zero-order chi connectivity index (χ0) is 14.7. The molecular weight excluding hydrogens is 232 g/mol. The maximum atomic E-state index is 2.70. The monoisotopic (exact) mass is 270 g/mol. The van der Waals surface area contributed by atoms with Crippen molar-refractivity contribution in [1.82, 2.24) is 9.80 Å². The molecule has 2 rings (SSSR count). The van der Waals surface area contributed by atoms with Gasteiger partial charge in [-0.25, -0.2) is 0 Å². The predicted molar refractivity (Wildman–Crippen MR) is 87.8 cm³/mol. The van der Waals surface area contributed by atoms with Crippen LogP contribution in [0.5, 0.6) is 0 Å². The Labute approximate surface area is 122 Å². The van der Waals surface area contributed by atoms with Gasteiger partial charge in [-0.1, -0.05) is 34.6 Å². The van der Waals surface area contributed by atoms with Crippen LogP contribution in [0.1, 0.15) is 60.3 Å². The van der Waals surface area contributed by atoms with Gasteiger partial charge in [-0.3, -0.25) is 0 Å². The third-order valence-electron chi connectivity index (χ3n) is 4.23. The Bertz CT molecular complexity index is 158. The van der Waals surface area contributed by atoms with Crippen molar-refractivity contribution in [1.29, 1.82) is 0 Å². The lowest BCUT2D eigenvalue weighted by Gasteiger charge is -2.36. The molecule has 2 aliphatic heterocycles. The van der Waals surface area contributed by atoms with Crippen molar-refractivity contribution in [2.45, 2.75) is 60.3 Å². The first-order valence-corrected chi connectivity index (χ1v) is 8.65. The molecule has 0 unspecified atom stereocenters. The van der Waals surface area contributed by atoms with Crippen molar-refractivity contribution in [3.63, 3.8) is 0 Å². The smallest absolute Gasteiger partial charge is 0.00106 e. The van der Waals surface area contributed by atoms with Crippen molar-refractivity contribution in [2.75, 3.05) is 39.8 Å². The summed E-state index contributed by atoms with van der Waals surface area (Å²) in [7, 11) is 2.25. The van der Waals surface area contributed by atoms with Crippen LogP contribution in [-0.2, 0) is 0 Å². The minimum absolute atomic E-state index is 0.971. The van der Waals surface area contributed by atoms with Crippen molar-refractivity contribution in [2.24, 2.45) is 11.8 Å². The fourth-order valence-corrected chi connectivity index (χ4v) is 2.85. The van der Waals surface area contributed by atoms with Crippen molar-refractivity contribution >= 4 is 0 Å². The fraction of sp³-hybridized carbons (Fsp3) is 1.00. The van der Waals surface area contributed by atoms with E-state index >= 15 is 0 Å². The molecule has 0 atom stereocenters. The minimum atomic E-state index is 0.971. The summed E-state index contributed by atoms with van der Waals surface area (Å²) >= 11 is 0. The summed E-state index contributed by atoms with van der Waals surface area (Å²) in [5.74, 6) is 1.95. The molecule has 116 valence electrons. The molecule has 0 aromatic heterocycles. The molecule has 0 aromatic rings. The highest BCUT2D eigenvalue weighted by Gasteiger charge is 2.21. The standard InChI is InChI=1S/C13H26N2.2C2H6/c1-12-3-9-15(10-4-12)11-13-5-7-14(2)8-6-13;2*1-2/h12-13H,3-11H2,1-2H3;2*1-2H3. The highest BCUT2D eigenvalue weighted by Crippen LogP contribution is 2.21. The van der Waals surface area contributed by atoms with E-state index in [0.29, 0.717) is 0 Å². The van der Waals surface area contributed by atoms with E-state index in [1.165, 1.54) is 58.4 Å². The van der Waals surface area contributed by atoms with Gasteiger partial charge in [-0.15, -0.1) is 0 Å². The van der Waals surface area contributed by atoms with E-state index in [0.717, 1.165) is 11.8 Å². The summed E-state index contributed by atoms with van der Waals surface area (Å²) in [6.45, 7) is 17.1. The Kier molecular flexibility index (Phi) is 11.7. The molecule has 2 aliphatic rings. The zero-order valence-electron chi connectivity index (χ0n) is 14.4. The van der Waals surface area contributed by atoms with Crippen LogP contribution in [0.4, 0.5) is 0 Å². The third kappa shape index (κ3) is 7.94. The lowest BCUT2D eigenvalue weighted by Crippen LogP contribution is -2.40. The van der Waals surface area contributed by atoms with Gasteiger partial charge in [0.1, 0.15) is 0 Å².